The highest BCUT2D eigenvalue weighted by Crippen LogP contribution is 2.24. The van der Waals surface area contributed by atoms with Gasteiger partial charge in [-0.3, -0.25) is 0 Å². The number of hydrogen-bond acceptors (Lipinski definition) is 5. The number of piperidine rings is 1. The van der Waals surface area contributed by atoms with Crippen molar-refractivity contribution >= 4 is 6.09 Å². The van der Waals surface area contributed by atoms with E-state index in [-0.39, 0.29) is 18.7 Å². The van der Waals surface area contributed by atoms with Crippen molar-refractivity contribution in [1.29, 1.82) is 0 Å². The van der Waals surface area contributed by atoms with Crippen LogP contribution in [0.1, 0.15) is 52.9 Å². The second-order valence-corrected chi connectivity index (χ2v) is 7.61. The molecule has 2 aliphatic heterocycles. The number of nitrogens with zero attached hydrogens (tertiary/aromatic N) is 1. The van der Waals surface area contributed by atoms with E-state index in [1.165, 1.54) is 0 Å². The van der Waals surface area contributed by atoms with Crippen LogP contribution in [0, 0.1) is 0 Å². The van der Waals surface area contributed by atoms with Gasteiger partial charge in [0.2, 0.25) is 0 Å². The summed E-state index contributed by atoms with van der Waals surface area (Å²) >= 11 is 0. The fourth-order valence-corrected chi connectivity index (χ4v) is 3.38. The average Bonchev–Trinajstić information content (AvgIpc) is 2.47. The number of amides is 1. The Balaban J connectivity index is 1.89. The topological polar surface area (TPSA) is 71.0 Å². The molecule has 2 aliphatic rings. The second kappa shape index (κ2) is 8.31. The van der Waals surface area contributed by atoms with Gasteiger partial charge in [0.25, 0.3) is 0 Å². The van der Waals surface area contributed by atoms with E-state index in [9.17, 15) is 9.90 Å². The lowest BCUT2D eigenvalue weighted by Gasteiger charge is -2.41. The molecule has 0 aromatic heterocycles. The molecular weight excluding hydrogens is 296 g/mol. The summed E-state index contributed by atoms with van der Waals surface area (Å²) in [5.41, 5.74) is -0.488. The molecule has 2 N–H and O–H groups in total. The largest absolute Gasteiger partial charge is 0.444 e. The quantitative estimate of drug-likeness (QED) is 0.825. The van der Waals surface area contributed by atoms with E-state index in [1.54, 1.807) is 4.90 Å². The van der Waals surface area contributed by atoms with Crippen molar-refractivity contribution in [1.82, 2.24) is 10.2 Å². The number of carbonyl (C=O) groups excluding carboxylic acids is 1. The maximum Gasteiger partial charge on any atom is 0.410 e. The number of nitrogens with one attached hydrogen (secondary N) is 1. The molecule has 2 heterocycles. The van der Waals surface area contributed by atoms with Gasteiger partial charge in [-0.2, -0.15) is 0 Å². The first-order valence-corrected chi connectivity index (χ1v) is 8.83. The average molecular weight is 328 g/mol. The van der Waals surface area contributed by atoms with Crippen molar-refractivity contribution in [3.63, 3.8) is 0 Å². The summed E-state index contributed by atoms with van der Waals surface area (Å²) in [6.07, 6.45) is 4.25. The minimum atomic E-state index is -0.488. The number of carbonyl (C=O) groups is 1. The first-order valence-electron chi connectivity index (χ1n) is 8.83. The smallest absolute Gasteiger partial charge is 0.410 e. The molecule has 2 rings (SSSR count). The third-order valence-electron chi connectivity index (χ3n) is 4.50. The maximum atomic E-state index is 12.4. The molecular formula is C17H32N2O4. The lowest BCUT2D eigenvalue weighted by molar-refractivity contribution is 0.00227. The van der Waals surface area contributed by atoms with Gasteiger partial charge in [-0.1, -0.05) is 0 Å². The molecule has 2 atom stereocenters. The van der Waals surface area contributed by atoms with Gasteiger partial charge < -0.3 is 24.8 Å². The van der Waals surface area contributed by atoms with E-state index in [0.717, 1.165) is 38.9 Å². The summed E-state index contributed by atoms with van der Waals surface area (Å²) in [4.78, 5) is 14.2. The zero-order valence-corrected chi connectivity index (χ0v) is 14.7. The third-order valence-corrected chi connectivity index (χ3v) is 4.50. The summed E-state index contributed by atoms with van der Waals surface area (Å²) < 4.78 is 10.9. The zero-order valence-electron chi connectivity index (χ0n) is 14.7. The predicted molar refractivity (Wildman–Crippen MR) is 88.4 cm³/mol. The predicted octanol–water partition coefficient (Wildman–Crippen LogP) is 1.91. The van der Waals surface area contributed by atoms with Crippen molar-refractivity contribution in [3.8, 4) is 0 Å². The Morgan fingerprint density at radius 3 is 2.57 bits per heavy atom. The standard InChI is InChI=1S/C17H32N2O4/c1-17(2,3)23-16(21)19-8-4-14(12-15(19)5-9-20)18-13-6-10-22-11-7-13/h13-15,18,20H,4-12H2,1-3H3. The van der Waals surface area contributed by atoms with Crippen LogP contribution in [-0.2, 0) is 9.47 Å². The van der Waals surface area contributed by atoms with Crippen LogP contribution >= 0.6 is 0 Å². The van der Waals surface area contributed by atoms with Crippen molar-refractivity contribution in [3.05, 3.63) is 0 Å². The fourth-order valence-electron chi connectivity index (χ4n) is 3.38. The first-order chi connectivity index (χ1) is 10.9. The van der Waals surface area contributed by atoms with Gasteiger partial charge in [0.05, 0.1) is 0 Å². The normalized spacial score (nSPS) is 27.0. The van der Waals surface area contributed by atoms with Crippen molar-refractivity contribution in [2.24, 2.45) is 0 Å². The van der Waals surface area contributed by atoms with Gasteiger partial charge in [0.15, 0.2) is 0 Å². The Morgan fingerprint density at radius 1 is 1.26 bits per heavy atom. The minimum Gasteiger partial charge on any atom is -0.444 e. The Kier molecular flexibility index (Phi) is 6.68. The molecule has 2 fully saturated rings. The van der Waals surface area contributed by atoms with Crippen LogP contribution in [0.25, 0.3) is 0 Å². The van der Waals surface area contributed by atoms with Crippen LogP contribution in [-0.4, -0.2) is 66.2 Å². The van der Waals surface area contributed by atoms with Crippen LogP contribution in [0.15, 0.2) is 0 Å². The van der Waals surface area contributed by atoms with E-state index >= 15 is 0 Å². The number of hydrogen-bond donors (Lipinski definition) is 2. The summed E-state index contributed by atoms with van der Waals surface area (Å²) in [6.45, 7) is 8.07. The molecule has 0 saturated carbocycles. The van der Waals surface area contributed by atoms with E-state index in [1.807, 2.05) is 20.8 Å². The lowest BCUT2D eigenvalue weighted by atomic mass is 9.94. The van der Waals surface area contributed by atoms with Gasteiger partial charge in [-0.15, -0.1) is 0 Å². The fraction of sp³-hybridized carbons (Fsp3) is 0.941. The molecule has 6 heteroatoms. The molecule has 1 amide bonds. The first kappa shape index (κ1) is 18.5. The van der Waals surface area contributed by atoms with Gasteiger partial charge >= 0.3 is 6.09 Å². The second-order valence-electron chi connectivity index (χ2n) is 7.61. The minimum absolute atomic E-state index is 0.0425. The number of aliphatic hydroxyl groups is 1. The molecule has 23 heavy (non-hydrogen) atoms. The SMILES string of the molecule is CC(C)(C)OC(=O)N1CCC(NC2CCOCC2)CC1CCO. The van der Waals surface area contributed by atoms with Crippen molar-refractivity contribution < 1.29 is 19.4 Å². The number of likely N-dealkylation sites (tertiary alicyclic amines) is 1. The van der Waals surface area contributed by atoms with Gasteiger partial charge in [-0.25, -0.2) is 4.79 Å². The van der Waals surface area contributed by atoms with E-state index in [4.69, 9.17) is 9.47 Å². The molecule has 0 radical (unpaired) electrons. The molecule has 2 saturated heterocycles. The van der Waals surface area contributed by atoms with Gasteiger partial charge in [0, 0.05) is 44.5 Å². The molecule has 0 aromatic rings. The van der Waals surface area contributed by atoms with E-state index in [2.05, 4.69) is 5.32 Å². The Hall–Kier alpha value is -0.850. The molecule has 0 aromatic carbocycles. The summed E-state index contributed by atoms with van der Waals surface area (Å²) in [6, 6.07) is 0.950. The van der Waals surface area contributed by atoms with Crippen LogP contribution in [0.3, 0.4) is 0 Å². The lowest BCUT2D eigenvalue weighted by Crippen LogP contribution is -2.54. The number of ether oxygens (including phenoxy) is 2. The molecule has 0 bridgehead atoms. The van der Waals surface area contributed by atoms with Gasteiger partial charge in [0.1, 0.15) is 5.60 Å². The zero-order chi connectivity index (χ0) is 16.9. The van der Waals surface area contributed by atoms with E-state index in [0.29, 0.717) is 25.0 Å². The molecule has 2 unspecified atom stereocenters. The monoisotopic (exact) mass is 328 g/mol. The Bertz CT molecular complexity index is 377. The number of rotatable bonds is 4. The highest BCUT2D eigenvalue weighted by Gasteiger charge is 2.34. The van der Waals surface area contributed by atoms with Crippen molar-refractivity contribution in [2.75, 3.05) is 26.4 Å². The molecule has 134 valence electrons. The van der Waals surface area contributed by atoms with Crippen LogP contribution in [0.5, 0.6) is 0 Å². The van der Waals surface area contributed by atoms with Crippen LogP contribution in [0.4, 0.5) is 4.79 Å². The van der Waals surface area contributed by atoms with Crippen LogP contribution in [0.2, 0.25) is 0 Å². The highest BCUT2D eigenvalue weighted by atomic mass is 16.6. The Labute approximate surface area is 139 Å². The maximum absolute atomic E-state index is 12.4. The number of aliphatic hydroxyl groups excluding tert-OH is 1. The van der Waals surface area contributed by atoms with Gasteiger partial charge in [-0.05, 0) is 52.9 Å². The molecule has 0 aliphatic carbocycles. The van der Waals surface area contributed by atoms with E-state index < -0.39 is 5.60 Å². The van der Waals surface area contributed by atoms with Crippen molar-refractivity contribution in [2.45, 2.75) is 76.6 Å². The molecule has 0 spiro atoms. The summed E-state index contributed by atoms with van der Waals surface area (Å²) in [5.74, 6) is 0. The summed E-state index contributed by atoms with van der Waals surface area (Å²) in [7, 11) is 0. The van der Waals surface area contributed by atoms with Crippen LogP contribution < -0.4 is 5.32 Å². The third kappa shape index (κ3) is 5.94. The summed E-state index contributed by atoms with van der Waals surface area (Å²) in [5, 5.41) is 13.1. The molecule has 6 nitrogen and oxygen atoms in total. The Morgan fingerprint density at radius 2 is 1.96 bits per heavy atom. The highest BCUT2D eigenvalue weighted by molar-refractivity contribution is 5.68.